The largest absolute Gasteiger partial charge is 0.414 e. The second-order valence-corrected chi connectivity index (χ2v) is 18.3. The van der Waals surface area contributed by atoms with E-state index in [9.17, 15) is 5.11 Å². The summed E-state index contributed by atoms with van der Waals surface area (Å²) < 4.78 is 19.4. The van der Waals surface area contributed by atoms with Gasteiger partial charge < -0.3 is 19.0 Å². The molecule has 0 aromatic rings. The summed E-state index contributed by atoms with van der Waals surface area (Å²) >= 11 is 0. The maximum absolute atomic E-state index is 11.5. The Balaban J connectivity index is 1.40. The molecule has 1 spiro atoms. The fraction of sp³-hybridized carbons (Fsp3) is 0.926. The van der Waals surface area contributed by atoms with Crippen LogP contribution in [0.5, 0.6) is 0 Å². The van der Waals surface area contributed by atoms with Crippen molar-refractivity contribution >= 4 is 8.32 Å². The molecule has 0 aromatic carbocycles. The van der Waals surface area contributed by atoms with Gasteiger partial charge in [0, 0.05) is 17.9 Å². The molecule has 4 aliphatic carbocycles. The van der Waals surface area contributed by atoms with Crippen molar-refractivity contribution in [3.63, 3.8) is 0 Å². The smallest absolute Gasteiger partial charge is 0.192 e. The van der Waals surface area contributed by atoms with Gasteiger partial charge in [0.1, 0.15) is 0 Å². The summed E-state index contributed by atoms with van der Waals surface area (Å²) in [5.41, 5.74) is 1.70. The first-order valence-corrected chi connectivity index (χ1v) is 16.1. The van der Waals surface area contributed by atoms with Gasteiger partial charge in [-0.25, -0.2) is 0 Å². The summed E-state index contributed by atoms with van der Waals surface area (Å²) in [6.07, 6.45) is 9.98. The van der Waals surface area contributed by atoms with Gasteiger partial charge >= 0.3 is 0 Å². The number of ether oxygens (including phenoxy) is 2. The van der Waals surface area contributed by atoms with Gasteiger partial charge in [-0.1, -0.05) is 46.3 Å². The number of aliphatic hydroxyl groups is 1. The minimum atomic E-state index is -1.79. The quantitative estimate of drug-likeness (QED) is 0.401. The van der Waals surface area contributed by atoms with Gasteiger partial charge in [-0.05, 0) is 79.8 Å². The van der Waals surface area contributed by atoms with E-state index in [0.717, 1.165) is 45.3 Å². The predicted octanol–water partition coefficient (Wildman–Crippen LogP) is 6.05. The fourth-order valence-electron chi connectivity index (χ4n) is 8.20. The lowest BCUT2D eigenvalue weighted by molar-refractivity contribution is -0.246. The average molecular weight is 463 g/mol. The molecule has 182 valence electrons. The minimum absolute atomic E-state index is 0.0238. The maximum Gasteiger partial charge on any atom is 0.192 e. The first kappa shape index (κ1) is 23.5. The molecule has 7 atom stereocenters. The van der Waals surface area contributed by atoms with Crippen LogP contribution in [-0.4, -0.2) is 44.6 Å². The summed E-state index contributed by atoms with van der Waals surface area (Å²) in [5, 5.41) is 11.7. The molecule has 1 aliphatic heterocycles. The maximum atomic E-state index is 11.5. The molecule has 4 nitrogen and oxygen atoms in total. The molecule has 0 amide bonds. The minimum Gasteiger partial charge on any atom is -0.414 e. The van der Waals surface area contributed by atoms with E-state index in [1.165, 1.54) is 18.4 Å². The van der Waals surface area contributed by atoms with E-state index in [1.54, 1.807) is 0 Å². The van der Waals surface area contributed by atoms with Crippen molar-refractivity contribution in [2.45, 2.75) is 116 Å². The van der Waals surface area contributed by atoms with Crippen molar-refractivity contribution in [1.29, 1.82) is 0 Å². The van der Waals surface area contributed by atoms with Crippen molar-refractivity contribution in [3.05, 3.63) is 11.6 Å². The lowest BCUT2D eigenvalue weighted by atomic mass is 9.47. The van der Waals surface area contributed by atoms with Crippen LogP contribution in [0.3, 0.4) is 0 Å². The number of hydrogen-bond acceptors (Lipinski definition) is 4. The third kappa shape index (κ3) is 3.21. The zero-order valence-corrected chi connectivity index (χ0v) is 22.5. The Kier molecular flexibility index (Phi) is 5.44. The van der Waals surface area contributed by atoms with Crippen molar-refractivity contribution in [3.8, 4) is 0 Å². The molecule has 4 fully saturated rings. The Bertz CT molecular complexity index is 779. The van der Waals surface area contributed by atoms with Crippen molar-refractivity contribution in [2.24, 2.45) is 28.6 Å². The summed E-state index contributed by atoms with van der Waals surface area (Å²) in [4.78, 5) is 0. The van der Waals surface area contributed by atoms with E-state index < -0.39 is 14.1 Å². The molecule has 1 heterocycles. The van der Waals surface area contributed by atoms with E-state index in [-0.39, 0.29) is 22.0 Å². The number of fused-ring (bicyclic) bond motifs is 6. The van der Waals surface area contributed by atoms with Crippen LogP contribution in [0.2, 0.25) is 18.1 Å². The third-order valence-electron chi connectivity index (χ3n) is 11.1. The van der Waals surface area contributed by atoms with Crippen LogP contribution >= 0.6 is 0 Å². The summed E-state index contributed by atoms with van der Waals surface area (Å²) in [6, 6.07) is 0. The van der Waals surface area contributed by atoms with E-state index in [0.29, 0.717) is 23.9 Å². The number of aliphatic hydroxyl groups excluding tert-OH is 1. The molecule has 0 radical (unpaired) electrons. The lowest BCUT2D eigenvalue weighted by Gasteiger charge is -2.60. The zero-order valence-electron chi connectivity index (χ0n) is 21.5. The van der Waals surface area contributed by atoms with Crippen LogP contribution in [0.1, 0.15) is 79.6 Å². The lowest BCUT2D eigenvalue weighted by Crippen LogP contribution is -2.58. The molecule has 32 heavy (non-hydrogen) atoms. The van der Waals surface area contributed by atoms with Gasteiger partial charge in [0.2, 0.25) is 0 Å². The second-order valence-electron chi connectivity index (χ2n) is 13.6. The standard InChI is InChI=1S/C27H46O4Si/c1-24(2,3)32(6,7)31-19-8-11-25(4)18(16-19)17-22(28)23-20(25)9-12-26(5)21(23)10-13-27(26)29-14-15-30-27/h17,19-23,28H,8-16H2,1-7H3/t19-,20-,21-,22-,23+,25-,26-/m0/s1. The van der Waals surface area contributed by atoms with E-state index in [1.807, 2.05) is 0 Å². The molecule has 0 bridgehead atoms. The number of rotatable bonds is 2. The first-order chi connectivity index (χ1) is 14.8. The van der Waals surface area contributed by atoms with E-state index in [4.69, 9.17) is 13.9 Å². The molecule has 0 aromatic heterocycles. The van der Waals surface area contributed by atoms with E-state index in [2.05, 4.69) is 53.8 Å². The highest BCUT2D eigenvalue weighted by atomic mass is 28.4. The van der Waals surface area contributed by atoms with Crippen molar-refractivity contribution < 1.29 is 19.0 Å². The third-order valence-corrected chi connectivity index (χ3v) is 15.7. The molecule has 5 rings (SSSR count). The monoisotopic (exact) mass is 462 g/mol. The Labute approximate surface area is 196 Å². The molecule has 3 saturated carbocycles. The van der Waals surface area contributed by atoms with Crippen LogP contribution in [0, 0.1) is 28.6 Å². The Morgan fingerprint density at radius 3 is 2.31 bits per heavy atom. The normalized spacial score (nSPS) is 45.9. The Morgan fingerprint density at radius 1 is 1.00 bits per heavy atom. The van der Waals surface area contributed by atoms with Gasteiger partial charge in [0.15, 0.2) is 14.1 Å². The summed E-state index contributed by atoms with van der Waals surface area (Å²) in [6.45, 7) is 18.0. The molecule has 1 saturated heterocycles. The summed E-state index contributed by atoms with van der Waals surface area (Å²) in [5.74, 6) is 0.959. The van der Waals surface area contributed by atoms with Crippen molar-refractivity contribution in [2.75, 3.05) is 13.2 Å². The zero-order chi connectivity index (χ0) is 23.2. The molecular weight excluding hydrogens is 416 g/mol. The molecule has 5 aliphatic rings. The molecular formula is C27H46O4Si. The van der Waals surface area contributed by atoms with Gasteiger partial charge in [0.25, 0.3) is 0 Å². The predicted molar refractivity (Wildman–Crippen MR) is 130 cm³/mol. The first-order valence-electron chi connectivity index (χ1n) is 13.2. The van der Waals surface area contributed by atoms with Crippen LogP contribution in [0.15, 0.2) is 11.6 Å². The number of hydrogen-bond donors (Lipinski definition) is 1. The molecule has 5 heteroatoms. The fourth-order valence-corrected chi connectivity index (χ4v) is 9.58. The van der Waals surface area contributed by atoms with Gasteiger partial charge in [-0.15, -0.1) is 0 Å². The highest BCUT2D eigenvalue weighted by Crippen LogP contribution is 2.68. The Hall–Kier alpha value is -0.203. The van der Waals surface area contributed by atoms with Crippen LogP contribution < -0.4 is 0 Å². The van der Waals surface area contributed by atoms with Gasteiger partial charge in [-0.2, -0.15) is 0 Å². The van der Waals surface area contributed by atoms with Crippen LogP contribution in [0.25, 0.3) is 0 Å². The second kappa shape index (κ2) is 7.40. The highest BCUT2D eigenvalue weighted by Gasteiger charge is 2.67. The highest BCUT2D eigenvalue weighted by molar-refractivity contribution is 6.74. The summed E-state index contributed by atoms with van der Waals surface area (Å²) in [7, 11) is -1.79. The van der Waals surface area contributed by atoms with Crippen LogP contribution in [0.4, 0.5) is 0 Å². The van der Waals surface area contributed by atoms with Crippen LogP contribution in [-0.2, 0) is 13.9 Å². The topological polar surface area (TPSA) is 47.9 Å². The average Bonchev–Trinajstić information content (AvgIpc) is 3.28. The SMILES string of the molecule is CC(C)(C)[Si](C)(C)O[C@H]1CC[C@@]2(C)C(=C[C@H](O)[C@@H]3[C@@H]2CC[C@@]2(C)[C@H]3CCC23OCCO3)C1. The Morgan fingerprint density at radius 2 is 1.66 bits per heavy atom. The van der Waals surface area contributed by atoms with Gasteiger partial charge in [-0.3, -0.25) is 0 Å². The van der Waals surface area contributed by atoms with E-state index >= 15 is 0 Å². The van der Waals surface area contributed by atoms with Gasteiger partial charge in [0.05, 0.1) is 19.3 Å². The van der Waals surface area contributed by atoms with Crippen molar-refractivity contribution in [1.82, 2.24) is 0 Å². The molecule has 1 N–H and O–H groups in total. The molecule has 0 unspecified atom stereocenters.